The van der Waals surface area contributed by atoms with Gasteiger partial charge >= 0.3 is 5.97 Å². The molecular formula is C11H22N2O5S. The van der Waals surface area contributed by atoms with E-state index in [4.69, 9.17) is 10.2 Å². The van der Waals surface area contributed by atoms with E-state index in [1.165, 1.54) is 0 Å². The highest BCUT2D eigenvalue weighted by atomic mass is 32.2. The largest absolute Gasteiger partial charge is 0.481 e. The normalized spacial score (nSPS) is 23.5. The average Bonchev–Trinajstić information content (AvgIpc) is 2.35. The zero-order valence-corrected chi connectivity index (χ0v) is 12.1. The van der Waals surface area contributed by atoms with Crippen molar-refractivity contribution in [3.8, 4) is 0 Å². The van der Waals surface area contributed by atoms with Crippen LogP contribution in [0.3, 0.4) is 0 Å². The second-order valence-electron chi connectivity index (χ2n) is 5.19. The van der Waals surface area contributed by atoms with Crippen molar-refractivity contribution < 1.29 is 23.4 Å². The van der Waals surface area contributed by atoms with Crippen LogP contribution in [-0.4, -0.2) is 54.6 Å². The summed E-state index contributed by atoms with van der Waals surface area (Å²) in [6.45, 7) is 3.63. The zero-order valence-electron chi connectivity index (χ0n) is 11.2. The zero-order chi connectivity index (χ0) is 14.6. The molecule has 1 heterocycles. The van der Waals surface area contributed by atoms with Gasteiger partial charge in [0.05, 0.1) is 12.5 Å². The van der Waals surface area contributed by atoms with Crippen LogP contribution < -0.4 is 4.72 Å². The van der Waals surface area contributed by atoms with Crippen molar-refractivity contribution in [1.29, 1.82) is 0 Å². The molecule has 1 aliphatic heterocycles. The molecule has 7 nitrogen and oxygen atoms in total. The minimum atomic E-state index is -3.75. The molecule has 1 rings (SSSR count). The molecule has 0 amide bonds. The summed E-state index contributed by atoms with van der Waals surface area (Å²) in [5.41, 5.74) is 0. The molecule has 0 spiro atoms. The number of rotatable bonds is 6. The summed E-state index contributed by atoms with van der Waals surface area (Å²) in [5.74, 6) is -1.67. The lowest BCUT2D eigenvalue weighted by molar-refractivity contribution is -0.142. The van der Waals surface area contributed by atoms with Gasteiger partial charge in [0, 0.05) is 19.1 Å². The number of piperidine rings is 1. The van der Waals surface area contributed by atoms with Crippen molar-refractivity contribution in [2.45, 2.75) is 32.7 Å². The van der Waals surface area contributed by atoms with Crippen LogP contribution in [0.4, 0.5) is 0 Å². The van der Waals surface area contributed by atoms with Gasteiger partial charge in [-0.25, -0.2) is 0 Å². The van der Waals surface area contributed by atoms with Gasteiger partial charge in [-0.2, -0.15) is 17.4 Å². The van der Waals surface area contributed by atoms with Gasteiger partial charge in [-0.15, -0.1) is 0 Å². The van der Waals surface area contributed by atoms with Gasteiger partial charge in [0.15, 0.2) is 0 Å². The maximum absolute atomic E-state index is 12.1. The van der Waals surface area contributed by atoms with Crippen molar-refractivity contribution in [2.24, 2.45) is 11.8 Å². The molecule has 1 fully saturated rings. The monoisotopic (exact) mass is 294 g/mol. The van der Waals surface area contributed by atoms with E-state index in [-0.39, 0.29) is 19.1 Å². The van der Waals surface area contributed by atoms with Gasteiger partial charge in [-0.1, -0.05) is 13.8 Å². The number of carboxylic acid groups (broad SMARTS) is 1. The second kappa shape index (κ2) is 6.65. The van der Waals surface area contributed by atoms with Crippen molar-refractivity contribution in [2.75, 3.05) is 19.7 Å². The van der Waals surface area contributed by atoms with Crippen LogP contribution in [0.15, 0.2) is 0 Å². The Hall–Kier alpha value is -0.700. The number of hydrogen-bond donors (Lipinski definition) is 3. The van der Waals surface area contributed by atoms with E-state index in [1.807, 2.05) is 0 Å². The Morgan fingerprint density at radius 1 is 1.47 bits per heavy atom. The molecule has 1 aliphatic rings. The predicted octanol–water partition coefficient (Wildman–Crippen LogP) is -0.366. The van der Waals surface area contributed by atoms with Crippen LogP contribution in [0, 0.1) is 11.8 Å². The lowest BCUT2D eigenvalue weighted by atomic mass is 10.0. The fraction of sp³-hybridized carbons (Fsp3) is 0.909. The van der Waals surface area contributed by atoms with Crippen LogP contribution in [0.2, 0.25) is 0 Å². The van der Waals surface area contributed by atoms with E-state index in [2.05, 4.69) is 4.72 Å². The lowest BCUT2D eigenvalue weighted by Gasteiger charge is -2.31. The Morgan fingerprint density at radius 3 is 2.58 bits per heavy atom. The molecule has 1 saturated heterocycles. The lowest BCUT2D eigenvalue weighted by Crippen LogP contribution is -2.52. The maximum atomic E-state index is 12.1. The van der Waals surface area contributed by atoms with Gasteiger partial charge in [-0.3, -0.25) is 4.79 Å². The Morgan fingerprint density at radius 2 is 2.11 bits per heavy atom. The molecule has 0 aliphatic carbocycles. The molecular weight excluding hydrogens is 272 g/mol. The highest BCUT2D eigenvalue weighted by Crippen LogP contribution is 2.19. The van der Waals surface area contributed by atoms with E-state index >= 15 is 0 Å². The van der Waals surface area contributed by atoms with E-state index in [0.29, 0.717) is 19.4 Å². The minimum Gasteiger partial charge on any atom is -0.481 e. The molecule has 0 aromatic heterocycles. The van der Waals surface area contributed by atoms with Gasteiger partial charge < -0.3 is 10.2 Å². The number of nitrogens with zero attached hydrogens (tertiary/aromatic N) is 1. The first-order valence-corrected chi connectivity index (χ1v) is 7.83. The third kappa shape index (κ3) is 4.41. The summed E-state index contributed by atoms with van der Waals surface area (Å²) in [7, 11) is -3.75. The fourth-order valence-corrected chi connectivity index (χ4v) is 3.64. The van der Waals surface area contributed by atoms with Crippen molar-refractivity contribution >= 4 is 16.2 Å². The Bertz CT molecular complexity index is 409. The molecule has 19 heavy (non-hydrogen) atoms. The van der Waals surface area contributed by atoms with Gasteiger partial charge in [-0.05, 0) is 18.8 Å². The summed E-state index contributed by atoms with van der Waals surface area (Å²) in [4.78, 5) is 10.9. The molecule has 2 atom stereocenters. The SMILES string of the molecule is CC(C)[C@@H](CO)NS(=O)(=O)N1CCCC(C(=O)O)C1. The molecule has 0 radical (unpaired) electrons. The summed E-state index contributed by atoms with van der Waals surface area (Å²) >= 11 is 0. The smallest absolute Gasteiger partial charge is 0.307 e. The van der Waals surface area contributed by atoms with Crippen molar-refractivity contribution in [3.63, 3.8) is 0 Å². The topological polar surface area (TPSA) is 107 Å². The third-order valence-electron chi connectivity index (χ3n) is 3.38. The van der Waals surface area contributed by atoms with Crippen LogP contribution in [-0.2, 0) is 15.0 Å². The molecule has 3 N–H and O–H groups in total. The molecule has 8 heteroatoms. The van der Waals surface area contributed by atoms with Crippen LogP contribution in [0.25, 0.3) is 0 Å². The number of nitrogens with one attached hydrogen (secondary N) is 1. The van der Waals surface area contributed by atoms with Crippen LogP contribution in [0.5, 0.6) is 0 Å². The first kappa shape index (κ1) is 16.4. The predicted molar refractivity (Wildman–Crippen MR) is 69.7 cm³/mol. The number of carboxylic acids is 1. The van der Waals surface area contributed by atoms with Gasteiger partial charge in [0.2, 0.25) is 0 Å². The summed E-state index contributed by atoms with van der Waals surface area (Å²) in [6, 6.07) is -0.560. The Labute approximate surface area is 113 Å². The number of aliphatic carboxylic acids is 1. The van der Waals surface area contributed by atoms with E-state index < -0.39 is 28.1 Å². The number of aliphatic hydroxyl groups is 1. The molecule has 0 bridgehead atoms. The quantitative estimate of drug-likeness (QED) is 0.620. The fourth-order valence-electron chi connectivity index (χ4n) is 2.01. The standard InChI is InChI=1S/C11H22N2O5S/c1-8(2)10(7-14)12-19(17,18)13-5-3-4-9(6-13)11(15)16/h8-10,12,14H,3-7H2,1-2H3,(H,15,16)/t9?,10-/m1/s1. The van der Waals surface area contributed by atoms with Crippen LogP contribution >= 0.6 is 0 Å². The van der Waals surface area contributed by atoms with Gasteiger partial charge in [0.1, 0.15) is 0 Å². The highest BCUT2D eigenvalue weighted by Gasteiger charge is 2.33. The Balaban J connectivity index is 2.74. The summed E-state index contributed by atoms with van der Waals surface area (Å²) in [5, 5.41) is 18.1. The van der Waals surface area contributed by atoms with E-state index in [9.17, 15) is 13.2 Å². The first-order valence-electron chi connectivity index (χ1n) is 6.39. The van der Waals surface area contributed by atoms with Crippen LogP contribution in [0.1, 0.15) is 26.7 Å². The summed E-state index contributed by atoms with van der Waals surface area (Å²) in [6.07, 6.45) is 1.03. The van der Waals surface area contributed by atoms with E-state index in [0.717, 1.165) is 4.31 Å². The van der Waals surface area contributed by atoms with Crippen molar-refractivity contribution in [1.82, 2.24) is 9.03 Å². The average molecular weight is 294 g/mol. The Kier molecular flexibility index (Phi) is 5.72. The molecule has 0 aromatic carbocycles. The first-order chi connectivity index (χ1) is 8.77. The van der Waals surface area contributed by atoms with Gasteiger partial charge in [0.25, 0.3) is 10.2 Å². The molecule has 1 unspecified atom stereocenters. The number of carbonyl (C=O) groups is 1. The third-order valence-corrected chi connectivity index (χ3v) is 4.99. The number of aliphatic hydroxyl groups excluding tert-OH is 1. The second-order valence-corrected chi connectivity index (χ2v) is 6.89. The molecule has 0 aromatic rings. The highest BCUT2D eigenvalue weighted by molar-refractivity contribution is 7.87. The molecule has 112 valence electrons. The number of hydrogen-bond acceptors (Lipinski definition) is 4. The maximum Gasteiger partial charge on any atom is 0.307 e. The van der Waals surface area contributed by atoms with E-state index in [1.54, 1.807) is 13.8 Å². The minimum absolute atomic E-state index is 0.0130. The van der Waals surface area contributed by atoms with Crippen molar-refractivity contribution in [3.05, 3.63) is 0 Å². The molecule has 0 saturated carbocycles. The summed E-state index contributed by atoms with van der Waals surface area (Å²) < 4.78 is 27.9.